The van der Waals surface area contributed by atoms with Gasteiger partial charge in [-0.2, -0.15) is 0 Å². The fourth-order valence-electron chi connectivity index (χ4n) is 12.6. The van der Waals surface area contributed by atoms with E-state index in [1.807, 2.05) is 24.3 Å². The number of fused-ring (bicyclic) bond motifs is 3. The van der Waals surface area contributed by atoms with Crippen molar-refractivity contribution >= 4 is 0 Å². The van der Waals surface area contributed by atoms with Crippen LogP contribution in [0, 0.1) is 0 Å². The maximum Gasteiger partial charge on any atom is 0.164 e. The van der Waals surface area contributed by atoms with Crippen LogP contribution in [-0.4, -0.2) is 24.9 Å². The molecule has 5 heteroatoms. The lowest BCUT2D eigenvalue weighted by Gasteiger charge is -2.42. The molecule has 10 aromatic carbocycles. The molecular weight excluding hydrogens is 935 g/mol. The quantitative estimate of drug-likeness (QED) is 0.152. The van der Waals surface area contributed by atoms with Crippen LogP contribution in [0.5, 0.6) is 0 Å². The van der Waals surface area contributed by atoms with Gasteiger partial charge in [0.25, 0.3) is 0 Å². The van der Waals surface area contributed by atoms with Gasteiger partial charge >= 0.3 is 0 Å². The Morgan fingerprint density at radius 3 is 1.35 bits per heavy atom. The van der Waals surface area contributed by atoms with Gasteiger partial charge in [0.1, 0.15) is 0 Å². The van der Waals surface area contributed by atoms with Crippen LogP contribution in [0.1, 0.15) is 70.2 Å². The van der Waals surface area contributed by atoms with E-state index in [-0.39, 0.29) is 17.3 Å². The third kappa shape index (κ3) is 7.41. The van der Waals surface area contributed by atoms with Crippen molar-refractivity contribution < 1.29 is 0 Å². The van der Waals surface area contributed by atoms with Crippen LogP contribution in [-0.2, 0) is 5.41 Å². The third-order valence-electron chi connectivity index (χ3n) is 16.4. The topological polar surface area (TPSA) is 64.5 Å². The van der Waals surface area contributed by atoms with Crippen molar-refractivity contribution in [3.8, 4) is 101 Å². The van der Waals surface area contributed by atoms with Crippen molar-refractivity contribution in [1.82, 2.24) is 24.9 Å². The van der Waals surface area contributed by atoms with Gasteiger partial charge in [0.2, 0.25) is 0 Å². The van der Waals surface area contributed by atoms with Gasteiger partial charge in [-0.15, -0.1) is 0 Å². The van der Waals surface area contributed by atoms with Gasteiger partial charge in [-0.3, -0.25) is 0 Å². The molecule has 12 aromatic rings. The Hall–Kier alpha value is -9.71. The predicted octanol–water partition coefficient (Wildman–Crippen LogP) is 17.3. The fraction of sp³-hybridized carbons (Fsp3) is 0.0694. The van der Waals surface area contributed by atoms with E-state index in [0.717, 1.165) is 67.3 Å². The highest BCUT2D eigenvalue weighted by molar-refractivity contribution is 5.85. The molecule has 0 saturated heterocycles. The first-order valence-electron chi connectivity index (χ1n) is 26.5. The molecular formula is C72H49N5. The summed E-state index contributed by atoms with van der Waals surface area (Å²) in [7, 11) is 0. The van der Waals surface area contributed by atoms with Crippen LogP contribution in [0.25, 0.3) is 101 Å². The van der Waals surface area contributed by atoms with Crippen molar-refractivity contribution in [2.75, 3.05) is 0 Å². The lowest BCUT2D eigenvalue weighted by Crippen LogP contribution is -2.27. The SMILES string of the molecule is CC1(C)c2ccccc2-c2ccc(-c3nc(-c4ccc(-c5ccc6c(c5)C5c7ccccc7C6c6cc(-c7cc(-c8ccccc8)nc(-c8ccccc8)n7)ccc65)cc4)nc(-c4ccccc4-c4ccccc4)n3)cc21. The van der Waals surface area contributed by atoms with Crippen molar-refractivity contribution in [2.24, 2.45) is 0 Å². The predicted molar refractivity (Wildman–Crippen MR) is 311 cm³/mol. The second-order valence-corrected chi connectivity index (χ2v) is 21.1. The summed E-state index contributed by atoms with van der Waals surface area (Å²) in [6.45, 7) is 4.63. The molecule has 2 unspecified atom stereocenters. The molecule has 0 amide bonds. The summed E-state index contributed by atoms with van der Waals surface area (Å²) in [5.41, 5.74) is 25.5. The number of rotatable bonds is 8. The molecule has 0 fully saturated rings. The van der Waals surface area contributed by atoms with E-state index in [1.165, 1.54) is 61.2 Å². The standard InChI is InChI=1S/C72H49N5/c1-72(2)62-29-17-16-25-53(62)54-37-36-51(42-63(54)72)70-75-69(76-71(77-70)59-28-15-12-24-52(59)45-18-6-3-7-19-45)48-32-30-44(31-33-48)49-34-38-57-60(40-49)66-55-26-13-14-27-56(55)67(57)61-41-50(35-39-58(61)66)65-43-64(46-20-8-4-9-21-46)73-68(74-65)47-22-10-5-11-23-47/h3-43,66-67H,1-2H3. The highest BCUT2D eigenvalue weighted by atomic mass is 15.0. The summed E-state index contributed by atoms with van der Waals surface area (Å²) in [6.07, 6.45) is 0. The van der Waals surface area contributed by atoms with E-state index in [0.29, 0.717) is 17.5 Å². The average molecular weight is 984 g/mol. The monoisotopic (exact) mass is 983 g/mol. The average Bonchev–Trinajstić information content (AvgIpc) is 3.77. The van der Waals surface area contributed by atoms with Gasteiger partial charge in [0.05, 0.1) is 11.4 Å². The minimum atomic E-state index is -0.164. The summed E-state index contributed by atoms with van der Waals surface area (Å²) in [6, 6.07) is 89.2. The molecule has 0 N–H and O–H groups in total. The van der Waals surface area contributed by atoms with E-state index in [4.69, 9.17) is 24.9 Å². The van der Waals surface area contributed by atoms with Crippen molar-refractivity contribution in [3.05, 3.63) is 293 Å². The first-order chi connectivity index (χ1) is 37.9. The lowest BCUT2D eigenvalue weighted by atomic mass is 9.60. The normalized spacial score (nSPS) is 15.0. The van der Waals surface area contributed by atoms with Crippen molar-refractivity contribution in [1.29, 1.82) is 0 Å². The summed E-state index contributed by atoms with van der Waals surface area (Å²) >= 11 is 0. The van der Waals surface area contributed by atoms with Crippen LogP contribution >= 0.6 is 0 Å². The Kier molecular flexibility index (Phi) is 10.3. The summed E-state index contributed by atoms with van der Waals surface area (Å²) in [5, 5.41) is 0. The number of nitrogens with zero attached hydrogens (tertiary/aromatic N) is 5. The van der Waals surface area contributed by atoms with Gasteiger partial charge in [-0.05, 0) is 102 Å². The largest absolute Gasteiger partial charge is 0.228 e. The Labute approximate surface area is 448 Å². The molecule has 2 atom stereocenters. The second-order valence-electron chi connectivity index (χ2n) is 21.1. The van der Waals surface area contributed by atoms with E-state index >= 15 is 0 Å². The van der Waals surface area contributed by atoms with Crippen LogP contribution < -0.4 is 0 Å². The molecule has 362 valence electrons. The molecule has 2 heterocycles. The van der Waals surface area contributed by atoms with Crippen LogP contribution in [0.4, 0.5) is 0 Å². The van der Waals surface area contributed by atoms with Gasteiger partial charge in [0.15, 0.2) is 23.3 Å². The molecule has 4 aliphatic rings. The zero-order chi connectivity index (χ0) is 51.2. The molecule has 0 spiro atoms. The maximum absolute atomic E-state index is 5.29. The number of benzene rings is 10. The van der Waals surface area contributed by atoms with Gasteiger partial charge < -0.3 is 0 Å². The van der Waals surface area contributed by atoms with E-state index in [9.17, 15) is 0 Å². The van der Waals surface area contributed by atoms with E-state index in [2.05, 4.69) is 238 Å². The zero-order valence-electron chi connectivity index (χ0n) is 42.6. The second kappa shape index (κ2) is 17.7. The van der Waals surface area contributed by atoms with Crippen molar-refractivity contribution in [2.45, 2.75) is 31.1 Å². The highest BCUT2D eigenvalue weighted by Crippen LogP contribution is 2.57. The van der Waals surface area contributed by atoms with Crippen LogP contribution in [0.2, 0.25) is 0 Å². The summed E-state index contributed by atoms with van der Waals surface area (Å²) in [4.78, 5) is 26.2. The summed E-state index contributed by atoms with van der Waals surface area (Å²) < 4.78 is 0. The van der Waals surface area contributed by atoms with Crippen LogP contribution in [0.15, 0.2) is 249 Å². The Morgan fingerprint density at radius 1 is 0.247 bits per heavy atom. The van der Waals surface area contributed by atoms with Gasteiger partial charge in [-0.1, -0.05) is 238 Å². The smallest absolute Gasteiger partial charge is 0.164 e. The van der Waals surface area contributed by atoms with Gasteiger partial charge in [0, 0.05) is 50.6 Å². The molecule has 0 radical (unpaired) electrons. The first-order valence-corrected chi connectivity index (χ1v) is 26.5. The minimum absolute atomic E-state index is 0.0907. The zero-order valence-corrected chi connectivity index (χ0v) is 42.6. The minimum Gasteiger partial charge on any atom is -0.228 e. The maximum atomic E-state index is 5.29. The molecule has 0 aliphatic heterocycles. The Balaban J connectivity index is 0.801. The highest BCUT2D eigenvalue weighted by Gasteiger charge is 2.42. The Morgan fingerprint density at radius 2 is 0.675 bits per heavy atom. The Bertz CT molecular complexity index is 4240. The summed E-state index contributed by atoms with van der Waals surface area (Å²) in [5.74, 6) is 2.82. The fourth-order valence-corrected chi connectivity index (χ4v) is 12.6. The van der Waals surface area contributed by atoms with Gasteiger partial charge in [-0.25, -0.2) is 24.9 Å². The molecule has 5 nitrogen and oxygen atoms in total. The molecule has 2 aromatic heterocycles. The molecule has 77 heavy (non-hydrogen) atoms. The number of aromatic nitrogens is 5. The van der Waals surface area contributed by atoms with E-state index in [1.54, 1.807) is 0 Å². The molecule has 2 bridgehead atoms. The first kappa shape index (κ1) is 44.7. The van der Waals surface area contributed by atoms with Crippen LogP contribution in [0.3, 0.4) is 0 Å². The molecule has 16 rings (SSSR count). The van der Waals surface area contributed by atoms with Crippen molar-refractivity contribution in [3.63, 3.8) is 0 Å². The number of hydrogen-bond acceptors (Lipinski definition) is 5. The third-order valence-corrected chi connectivity index (χ3v) is 16.4. The molecule has 0 saturated carbocycles. The molecule has 4 aliphatic carbocycles. The van der Waals surface area contributed by atoms with E-state index < -0.39 is 0 Å². The number of hydrogen-bond donors (Lipinski definition) is 0. The lowest BCUT2D eigenvalue weighted by molar-refractivity contribution is 0.660.